The lowest BCUT2D eigenvalue weighted by molar-refractivity contribution is -0.125. The fourth-order valence-corrected chi connectivity index (χ4v) is 3.10. The molecule has 0 bridgehead atoms. The number of anilines is 2. The molecule has 25 heavy (non-hydrogen) atoms. The van der Waals surface area contributed by atoms with Crippen molar-refractivity contribution in [3.05, 3.63) is 54.1 Å². The van der Waals surface area contributed by atoms with Crippen LogP contribution in [0, 0.1) is 12.8 Å². The predicted molar refractivity (Wildman–Crippen MR) is 96.3 cm³/mol. The van der Waals surface area contributed by atoms with Crippen LogP contribution >= 0.6 is 0 Å². The van der Waals surface area contributed by atoms with Crippen molar-refractivity contribution in [1.29, 1.82) is 0 Å². The van der Waals surface area contributed by atoms with E-state index in [-0.39, 0.29) is 18.2 Å². The largest absolute Gasteiger partial charge is 0.326 e. The molecular formula is C19H18N4O2. The molecule has 1 aromatic heterocycles. The molecule has 2 amide bonds. The van der Waals surface area contributed by atoms with Crippen LogP contribution in [0.25, 0.3) is 11.0 Å². The first-order chi connectivity index (χ1) is 12.1. The lowest BCUT2D eigenvalue weighted by Crippen LogP contribution is -2.35. The highest BCUT2D eigenvalue weighted by Crippen LogP contribution is 2.26. The SMILES string of the molecule is Cc1ccc(NC(=O)CC2Cn3c(nc4ccccc43)NC2=O)cc1. The Bertz CT molecular complexity index is 959. The molecular weight excluding hydrogens is 316 g/mol. The first-order valence-electron chi connectivity index (χ1n) is 8.23. The van der Waals surface area contributed by atoms with E-state index in [1.54, 1.807) is 0 Å². The van der Waals surface area contributed by atoms with Crippen molar-refractivity contribution in [2.24, 2.45) is 5.92 Å². The van der Waals surface area contributed by atoms with Crippen LogP contribution in [-0.2, 0) is 16.1 Å². The predicted octanol–water partition coefficient (Wildman–Crippen LogP) is 2.94. The van der Waals surface area contributed by atoms with Gasteiger partial charge in [0.1, 0.15) is 0 Å². The number of aryl methyl sites for hydroxylation is 1. The number of benzene rings is 2. The number of carbonyl (C=O) groups is 2. The summed E-state index contributed by atoms with van der Waals surface area (Å²) < 4.78 is 1.96. The van der Waals surface area contributed by atoms with Crippen molar-refractivity contribution in [1.82, 2.24) is 9.55 Å². The maximum absolute atomic E-state index is 12.3. The van der Waals surface area contributed by atoms with Crippen LogP contribution in [0.5, 0.6) is 0 Å². The van der Waals surface area contributed by atoms with Crippen LogP contribution < -0.4 is 10.6 Å². The number of hydrogen-bond acceptors (Lipinski definition) is 3. The topological polar surface area (TPSA) is 76.0 Å². The highest BCUT2D eigenvalue weighted by Gasteiger charge is 2.30. The lowest BCUT2D eigenvalue weighted by atomic mass is 10.0. The Labute approximate surface area is 144 Å². The smallest absolute Gasteiger partial charge is 0.232 e. The van der Waals surface area contributed by atoms with Gasteiger partial charge in [0.25, 0.3) is 0 Å². The second-order valence-corrected chi connectivity index (χ2v) is 6.34. The molecule has 1 unspecified atom stereocenters. The number of nitrogens with zero attached hydrogens (tertiary/aromatic N) is 2. The maximum Gasteiger partial charge on any atom is 0.232 e. The van der Waals surface area contributed by atoms with E-state index in [2.05, 4.69) is 15.6 Å². The van der Waals surface area contributed by atoms with E-state index in [0.29, 0.717) is 12.5 Å². The van der Waals surface area contributed by atoms with Crippen molar-refractivity contribution >= 4 is 34.5 Å². The monoisotopic (exact) mass is 334 g/mol. The second-order valence-electron chi connectivity index (χ2n) is 6.34. The van der Waals surface area contributed by atoms with Crippen LogP contribution in [0.2, 0.25) is 0 Å². The third-order valence-corrected chi connectivity index (χ3v) is 4.43. The first-order valence-corrected chi connectivity index (χ1v) is 8.23. The Balaban J connectivity index is 1.50. The molecule has 0 fully saturated rings. The lowest BCUT2D eigenvalue weighted by Gasteiger charge is -2.23. The summed E-state index contributed by atoms with van der Waals surface area (Å²) in [6.07, 6.45) is 0.131. The van der Waals surface area contributed by atoms with E-state index in [0.717, 1.165) is 22.3 Å². The van der Waals surface area contributed by atoms with Crippen LogP contribution in [-0.4, -0.2) is 21.4 Å². The zero-order valence-corrected chi connectivity index (χ0v) is 13.8. The molecule has 0 aliphatic carbocycles. The van der Waals surface area contributed by atoms with Gasteiger partial charge in [0.15, 0.2) is 0 Å². The van der Waals surface area contributed by atoms with Crippen molar-refractivity contribution in [3.8, 4) is 0 Å². The fourth-order valence-electron chi connectivity index (χ4n) is 3.10. The summed E-state index contributed by atoms with van der Waals surface area (Å²) in [6.45, 7) is 2.44. The highest BCUT2D eigenvalue weighted by molar-refractivity contribution is 5.99. The minimum absolute atomic E-state index is 0.131. The summed E-state index contributed by atoms with van der Waals surface area (Å²) in [7, 11) is 0. The molecule has 2 N–H and O–H groups in total. The van der Waals surface area contributed by atoms with Gasteiger partial charge >= 0.3 is 0 Å². The van der Waals surface area contributed by atoms with Crippen molar-refractivity contribution < 1.29 is 9.59 Å². The Morgan fingerprint density at radius 2 is 2.00 bits per heavy atom. The van der Waals surface area contributed by atoms with E-state index in [4.69, 9.17) is 0 Å². The van der Waals surface area contributed by atoms with Gasteiger partial charge in [-0.05, 0) is 31.2 Å². The Kier molecular flexibility index (Phi) is 3.72. The molecule has 0 saturated carbocycles. The Hall–Kier alpha value is -3.15. The van der Waals surface area contributed by atoms with Gasteiger partial charge in [-0.1, -0.05) is 29.8 Å². The molecule has 2 heterocycles. The summed E-state index contributed by atoms with van der Waals surface area (Å²) in [5, 5.41) is 5.66. The van der Waals surface area contributed by atoms with Crippen LogP contribution in [0.15, 0.2) is 48.5 Å². The number of amides is 2. The van der Waals surface area contributed by atoms with Crippen LogP contribution in [0.4, 0.5) is 11.6 Å². The second kappa shape index (κ2) is 6.05. The molecule has 126 valence electrons. The van der Waals surface area contributed by atoms with Gasteiger partial charge in [-0.2, -0.15) is 0 Å². The summed E-state index contributed by atoms with van der Waals surface area (Å²) in [6, 6.07) is 15.3. The molecule has 6 nitrogen and oxygen atoms in total. The van der Waals surface area contributed by atoms with E-state index in [1.807, 2.05) is 60.0 Å². The molecule has 0 spiro atoms. The number of carbonyl (C=O) groups excluding carboxylic acids is 2. The molecule has 1 aliphatic rings. The third-order valence-electron chi connectivity index (χ3n) is 4.43. The minimum Gasteiger partial charge on any atom is -0.326 e. The molecule has 1 atom stereocenters. The van der Waals surface area contributed by atoms with Crippen LogP contribution in [0.1, 0.15) is 12.0 Å². The van der Waals surface area contributed by atoms with Crippen molar-refractivity contribution in [2.45, 2.75) is 19.9 Å². The number of imidazole rings is 1. The minimum atomic E-state index is -0.421. The van der Waals surface area contributed by atoms with Gasteiger partial charge in [0.2, 0.25) is 17.8 Å². The fraction of sp³-hybridized carbons (Fsp3) is 0.211. The Morgan fingerprint density at radius 1 is 1.24 bits per heavy atom. The van der Waals surface area contributed by atoms with E-state index in [1.165, 1.54) is 0 Å². The third kappa shape index (κ3) is 2.98. The van der Waals surface area contributed by atoms with E-state index in [9.17, 15) is 9.59 Å². The van der Waals surface area contributed by atoms with Crippen molar-refractivity contribution in [2.75, 3.05) is 10.6 Å². The number of nitrogens with one attached hydrogen (secondary N) is 2. The van der Waals surface area contributed by atoms with Gasteiger partial charge in [-0.15, -0.1) is 0 Å². The number of para-hydroxylation sites is 2. The molecule has 0 radical (unpaired) electrons. The average molecular weight is 334 g/mol. The molecule has 6 heteroatoms. The van der Waals surface area contributed by atoms with E-state index < -0.39 is 5.92 Å². The summed E-state index contributed by atoms with van der Waals surface area (Å²) in [4.78, 5) is 29.1. The molecule has 0 saturated heterocycles. The molecule has 3 aromatic rings. The first kappa shape index (κ1) is 15.4. The molecule has 2 aromatic carbocycles. The van der Waals surface area contributed by atoms with Crippen molar-refractivity contribution in [3.63, 3.8) is 0 Å². The van der Waals surface area contributed by atoms with Gasteiger partial charge < -0.3 is 9.88 Å². The zero-order chi connectivity index (χ0) is 17.4. The standard InChI is InChI=1S/C19H18N4O2/c1-12-6-8-14(9-7-12)20-17(24)10-13-11-23-16-5-3-2-4-15(16)21-19(23)22-18(13)25/h2-9,13H,10-11H2,1H3,(H,20,24)(H,21,22,25). The molecule has 4 rings (SSSR count). The number of fused-ring (bicyclic) bond motifs is 3. The Morgan fingerprint density at radius 3 is 2.80 bits per heavy atom. The summed E-state index contributed by atoms with van der Waals surface area (Å²) in [5.41, 5.74) is 3.66. The van der Waals surface area contributed by atoms with Gasteiger partial charge in [-0.3, -0.25) is 14.9 Å². The van der Waals surface area contributed by atoms with E-state index >= 15 is 0 Å². The quantitative estimate of drug-likeness (QED) is 0.773. The number of rotatable bonds is 3. The zero-order valence-electron chi connectivity index (χ0n) is 13.8. The van der Waals surface area contributed by atoms with Crippen LogP contribution in [0.3, 0.4) is 0 Å². The average Bonchev–Trinajstić information content (AvgIpc) is 2.94. The van der Waals surface area contributed by atoms with Gasteiger partial charge in [0, 0.05) is 18.7 Å². The maximum atomic E-state index is 12.3. The number of aromatic nitrogens is 2. The normalized spacial score (nSPS) is 16.4. The number of hydrogen-bond donors (Lipinski definition) is 2. The summed E-state index contributed by atoms with van der Waals surface area (Å²) >= 11 is 0. The summed E-state index contributed by atoms with van der Waals surface area (Å²) in [5.74, 6) is -0.212. The molecule has 1 aliphatic heterocycles. The highest BCUT2D eigenvalue weighted by atomic mass is 16.2. The van der Waals surface area contributed by atoms with Gasteiger partial charge in [0.05, 0.1) is 17.0 Å². The van der Waals surface area contributed by atoms with Gasteiger partial charge in [-0.25, -0.2) is 4.98 Å².